The number of benzene rings is 2. The maximum absolute atomic E-state index is 10.8. The van der Waals surface area contributed by atoms with Crippen LogP contribution in [-0.2, 0) is 17.6 Å². The van der Waals surface area contributed by atoms with Gasteiger partial charge in [-0.25, -0.2) is 4.79 Å². The van der Waals surface area contributed by atoms with Crippen molar-refractivity contribution in [3.63, 3.8) is 0 Å². The lowest BCUT2D eigenvalue weighted by Gasteiger charge is -2.14. The highest BCUT2D eigenvalue weighted by Gasteiger charge is 2.13. The highest BCUT2D eigenvalue weighted by Crippen LogP contribution is 2.33. The topological polar surface area (TPSA) is 68.1 Å². The first-order valence-corrected chi connectivity index (χ1v) is 8.37. The van der Waals surface area contributed by atoms with E-state index in [1.54, 1.807) is 18.4 Å². The van der Waals surface area contributed by atoms with E-state index in [-0.39, 0.29) is 0 Å². The van der Waals surface area contributed by atoms with Crippen LogP contribution in [0.5, 0.6) is 11.5 Å². The van der Waals surface area contributed by atoms with Crippen LogP contribution in [0, 0.1) is 0 Å². The molecule has 2 aromatic rings. The minimum Gasteiger partial charge on any atom is -0.493 e. The van der Waals surface area contributed by atoms with Gasteiger partial charge in [-0.05, 0) is 42.2 Å². The minimum absolute atomic E-state index is 0.418. The molecular formula is C21H23NO4. The van der Waals surface area contributed by atoms with Crippen LogP contribution in [0.2, 0.25) is 0 Å². The summed E-state index contributed by atoms with van der Waals surface area (Å²) in [5, 5.41) is 8.87. The first kappa shape index (κ1) is 19.2. The predicted octanol–water partition coefficient (Wildman–Crippen LogP) is 4.20. The highest BCUT2D eigenvalue weighted by molar-refractivity contribution is 5.84. The fourth-order valence-electron chi connectivity index (χ4n) is 2.59. The second kappa shape index (κ2) is 9.42. The molecule has 136 valence electrons. The molecular weight excluding hydrogens is 330 g/mol. The summed E-state index contributed by atoms with van der Waals surface area (Å²) in [4.78, 5) is 15.4. The van der Waals surface area contributed by atoms with Crippen molar-refractivity contribution >= 4 is 17.9 Å². The minimum atomic E-state index is -1.04. The third-order valence-corrected chi connectivity index (χ3v) is 3.80. The van der Waals surface area contributed by atoms with Crippen LogP contribution >= 0.6 is 0 Å². The normalized spacial score (nSPS) is 10.7. The highest BCUT2D eigenvalue weighted by atomic mass is 16.5. The Morgan fingerprint density at radius 3 is 2.69 bits per heavy atom. The number of para-hydroxylation sites is 1. The van der Waals surface area contributed by atoms with Gasteiger partial charge >= 0.3 is 5.97 Å². The zero-order valence-electron chi connectivity index (χ0n) is 15.1. The van der Waals surface area contributed by atoms with Gasteiger partial charge < -0.3 is 14.6 Å². The molecule has 5 nitrogen and oxygen atoms in total. The molecule has 2 rings (SSSR count). The quantitative estimate of drug-likeness (QED) is 0.542. The predicted molar refractivity (Wildman–Crippen MR) is 103 cm³/mol. The molecule has 0 spiro atoms. The van der Waals surface area contributed by atoms with Crippen LogP contribution in [0.15, 0.2) is 54.0 Å². The maximum atomic E-state index is 10.8. The summed E-state index contributed by atoms with van der Waals surface area (Å²) in [7, 11) is 1.52. The molecule has 0 radical (unpaired) electrons. The van der Waals surface area contributed by atoms with E-state index in [1.807, 2.05) is 24.3 Å². The molecule has 0 unspecified atom stereocenters. The third-order valence-electron chi connectivity index (χ3n) is 3.80. The van der Waals surface area contributed by atoms with Gasteiger partial charge in [0.1, 0.15) is 0 Å². The lowest BCUT2D eigenvalue weighted by atomic mass is 10.1. The van der Waals surface area contributed by atoms with Crippen LogP contribution in [0.4, 0.5) is 5.69 Å². The van der Waals surface area contributed by atoms with E-state index in [9.17, 15) is 4.79 Å². The summed E-state index contributed by atoms with van der Waals surface area (Å²) in [5.41, 5.74) is 3.73. The maximum Gasteiger partial charge on any atom is 0.341 e. The molecule has 0 bridgehead atoms. The number of ether oxygens (including phenoxy) is 2. The molecule has 5 heteroatoms. The van der Waals surface area contributed by atoms with Crippen molar-refractivity contribution in [1.82, 2.24) is 0 Å². The fraction of sp³-hybridized carbons (Fsp3) is 0.238. The Hall–Kier alpha value is -3.08. The van der Waals surface area contributed by atoms with Crippen molar-refractivity contribution < 1.29 is 19.4 Å². The Morgan fingerprint density at radius 1 is 1.27 bits per heavy atom. The molecule has 1 N–H and O–H groups in total. The number of rotatable bonds is 9. The Labute approximate surface area is 153 Å². The van der Waals surface area contributed by atoms with Gasteiger partial charge in [-0.15, -0.1) is 6.58 Å². The van der Waals surface area contributed by atoms with Crippen molar-refractivity contribution in [2.24, 2.45) is 4.99 Å². The van der Waals surface area contributed by atoms with E-state index in [1.165, 1.54) is 12.7 Å². The molecule has 0 amide bonds. The van der Waals surface area contributed by atoms with Crippen molar-refractivity contribution in [2.75, 3.05) is 13.7 Å². The second-order valence-corrected chi connectivity index (χ2v) is 5.63. The number of methoxy groups -OCH3 is 1. The van der Waals surface area contributed by atoms with Gasteiger partial charge in [-0.2, -0.15) is 0 Å². The SMILES string of the molecule is C=CCc1cc(C=Nc2ccccc2CC)cc(OC)c1OCC(=O)O. The number of aryl methyl sites for hydroxylation is 1. The Bertz CT molecular complexity index is 812. The number of aliphatic imine (C=N–C) groups is 1. The largest absolute Gasteiger partial charge is 0.493 e. The summed E-state index contributed by atoms with van der Waals surface area (Å²) in [6.07, 6.45) is 4.93. The Morgan fingerprint density at radius 2 is 2.04 bits per heavy atom. The molecule has 0 aromatic heterocycles. The van der Waals surface area contributed by atoms with Gasteiger partial charge in [0.05, 0.1) is 12.8 Å². The van der Waals surface area contributed by atoms with Crippen LogP contribution in [0.25, 0.3) is 0 Å². The molecule has 2 aromatic carbocycles. The van der Waals surface area contributed by atoms with E-state index in [0.29, 0.717) is 17.9 Å². The lowest BCUT2D eigenvalue weighted by molar-refractivity contribution is -0.139. The molecule has 0 atom stereocenters. The van der Waals surface area contributed by atoms with Crippen molar-refractivity contribution in [3.8, 4) is 11.5 Å². The zero-order valence-corrected chi connectivity index (χ0v) is 15.1. The first-order valence-electron chi connectivity index (χ1n) is 8.37. The van der Waals surface area contributed by atoms with Gasteiger partial charge in [0.25, 0.3) is 0 Å². The number of nitrogens with zero attached hydrogens (tertiary/aromatic N) is 1. The van der Waals surface area contributed by atoms with Crippen molar-refractivity contribution in [3.05, 3.63) is 65.7 Å². The average Bonchev–Trinajstić information content (AvgIpc) is 2.65. The van der Waals surface area contributed by atoms with Crippen LogP contribution < -0.4 is 9.47 Å². The summed E-state index contributed by atoms with van der Waals surface area (Å²) in [6, 6.07) is 11.7. The molecule has 0 fully saturated rings. The van der Waals surface area contributed by atoms with E-state index in [2.05, 4.69) is 24.6 Å². The molecule has 0 saturated carbocycles. The number of allylic oxidation sites excluding steroid dienone is 1. The van der Waals surface area contributed by atoms with Crippen molar-refractivity contribution in [1.29, 1.82) is 0 Å². The molecule has 0 aliphatic rings. The van der Waals surface area contributed by atoms with Crippen molar-refractivity contribution in [2.45, 2.75) is 19.8 Å². The summed E-state index contributed by atoms with van der Waals surface area (Å²) >= 11 is 0. The summed E-state index contributed by atoms with van der Waals surface area (Å²) in [6.45, 7) is 5.41. The van der Waals surface area contributed by atoms with Crippen LogP contribution in [-0.4, -0.2) is 31.0 Å². The van der Waals surface area contributed by atoms with E-state index in [0.717, 1.165) is 23.2 Å². The lowest BCUT2D eigenvalue weighted by Crippen LogP contribution is -2.11. The number of carboxylic acids is 1. The van der Waals surface area contributed by atoms with Gasteiger partial charge in [-0.1, -0.05) is 31.2 Å². The number of carbonyl (C=O) groups is 1. The second-order valence-electron chi connectivity index (χ2n) is 5.63. The first-order chi connectivity index (χ1) is 12.6. The fourth-order valence-corrected chi connectivity index (χ4v) is 2.59. The number of hydrogen-bond acceptors (Lipinski definition) is 4. The average molecular weight is 353 g/mol. The van der Waals surface area contributed by atoms with E-state index < -0.39 is 12.6 Å². The van der Waals surface area contributed by atoms with E-state index >= 15 is 0 Å². The van der Waals surface area contributed by atoms with Crippen LogP contribution in [0.1, 0.15) is 23.6 Å². The Kier molecular flexibility index (Phi) is 6.97. The molecule has 26 heavy (non-hydrogen) atoms. The molecule has 0 heterocycles. The van der Waals surface area contributed by atoms with Gasteiger partial charge in [0.15, 0.2) is 18.1 Å². The summed E-state index contributed by atoms with van der Waals surface area (Å²) in [5.74, 6) is -0.157. The standard InChI is InChI=1S/C21H23NO4/c1-4-8-17-11-15(12-19(25-3)21(17)26-14-20(23)24)13-22-18-10-7-6-9-16(18)5-2/h4,6-7,9-13H,1,5,8,14H2,2-3H3,(H,23,24). The van der Waals surface area contributed by atoms with Gasteiger partial charge in [0.2, 0.25) is 0 Å². The number of carboxylic acid groups (broad SMARTS) is 1. The van der Waals surface area contributed by atoms with Crippen LogP contribution in [0.3, 0.4) is 0 Å². The molecule has 0 saturated heterocycles. The van der Waals surface area contributed by atoms with Gasteiger partial charge in [-0.3, -0.25) is 4.99 Å². The number of aliphatic carboxylic acids is 1. The summed E-state index contributed by atoms with van der Waals surface area (Å²) < 4.78 is 10.8. The van der Waals surface area contributed by atoms with E-state index in [4.69, 9.17) is 14.6 Å². The molecule has 0 aliphatic heterocycles. The molecule has 0 aliphatic carbocycles. The third kappa shape index (κ3) is 4.96. The zero-order chi connectivity index (χ0) is 18.9. The smallest absolute Gasteiger partial charge is 0.341 e. The van der Waals surface area contributed by atoms with Gasteiger partial charge in [0, 0.05) is 11.8 Å². The number of hydrogen-bond donors (Lipinski definition) is 1. The Balaban J connectivity index is 2.39. The monoisotopic (exact) mass is 353 g/mol.